The van der Waals surface area contributed by atoms with E-state index >= 15 is 0 Å². The molecule has 0 atom stereocenters. The van der Waals surface area contributed by atoms with Crippen LogP contribution in [0.2, 0.25) is 0 Å². The average Bonchev–Trinajstić information content (AvgIpc) is 2.88. The summed E-state index contributed by atoms with van der Waals surface area (Å²) < 4.78 is 39.0. The van der Waals surface area contributed by atoms with Crippen molar-refractivity contribution in [3.8, 4) is 0 Å². The van der Waals surface area contributed by atoms with Crippen molar-refractivity contribution < 1.29 is 18.0 Å². The Hall–Kier alpha value is -2.00. The van der Waals surface area contributed by atoms with E-state index in [9.17, 15) is 18.0 Å². The van der Waals surface area contributed by atoms with Crippen LogP contribution in [-0.4, -0.2) is 25.5 Å². The second kappa shape index (κ2) is 7.71. The third kappa shape index (κ3) is 4.75. The highest BCUT2D eigenvalue weighted by Crippen LogP contribution is 2.33. The molecular weight excluding hydrogens is 359 g/mol. The second-order valence-corrected chi connectivity index (χ2v) is 6.73. The van der Waals surface area contributed by atoms with Gasteiger partial charge in [-0.2, -0.15) is 13.2 Å². The number of alkyl halides is 3. The maximum absolute atomic E-state index is 12.7. The number of rotatable bonds is 4. The molecule has 0 bridgehead atoms. The number of amides is 2. The van der Waals surface area contributed by atoms with Crippen molar-refractivity contribution in [3.05, 3.63) is 41.5 Å². The number of urea groups is 1. The van der Waals surface area contributed by atoms with Gasteiger partial charge in [-0.3, -0.25) is 10.3 Å². The van der Waals surface area contributed by atoms with Gasteiger partial charge in [0, 0.05) is 24.5 Å². The lowest BCUT2D eigenvalue weighted by Gasteiger charge is -2.10. The van der Waals surface area contributed by atoms with Gasteiger partial charge in [0.2, 0.25) is 0 Å². The van der Waals surface area contributed by atoms with Crippen LogP contribution >= 0.6 is 23.1 Å². The van der Waals surface area contributed by atoms with Gasteiger partial charge < -0.3 is 5.32 Å². The summed E-state index contributed by atoms with van der Waals surface area (Å²) in [5.41, 5.74) is 0.131. The average molecular weight is 373 g/mol. The molecule has 0 aliphatic heterocycles. The number of carbonyl (C=O) groups is 1. The molecule has 1 heterocycles. The molecule has 4 nitrogen and oxygen atoms in total. The smallest absolute Gasteiger partial charge is 0.308 e. The summed E-state index contributed by atoms with van der Waals surface area (Å²) in [5.74, 6) is 0. The zero-order chi connectivity index (χ0) is 17.7. The maximum atomic E-state index is 12.7. The number of hydrogen-bond acceptors (Lipinski definition) is 4. The van der Waals surface area contributed by atoms with Crippen molar-refractivity contribution in [2.45, 2.75) is 10.4 Å². The van der Waals surface area contributed by atoms with Crippen LogP contribution in [0.15, 0.2) is 39.5 Å². The summed E-state index contributed by atoms with van der Waals surface area (Å²) in [6, 6.07) is 5.62. The van der Waals surface area contributed by atoms with E-state index in [1.807, 2.05) is 6.26 Å². The lowest BCUT2D eigenvalue weighted by Crippen LogP contribution is -2.19. The highest BCUT2D eigenvalue weighted by molar-refractivity contribution is 8.00. The standard InChI is InChI=1S/C15H14F3N3OS2/c1-19-8-9-6-12(24-13(9)23-2)21-14(22)20-11-5-3-4-10(7-11)15(16,17)18/h3-8H,1-2H3,(H2,20,21,22). The third-order valence-corrected chi connectivity index (χ3v) is 5.08. The van der Waals surface area contributed by atoms with Gasteiger partial charge in [0.15, 0.2) is 0 Å². The maximum Gasteiger partial charge on any atom is 0.416 e. The predicted octanol–water partition coefficient (Wildman–Crippen LogP) is 5.18. The van der Waals surface area contributed by atoms with Crippen molar-refractivity contribution in [2.24, 2.45) is 4.99 Å². The molecule has 2 aromatic rings. The summed E-state index contributed by atoms with van der Waals surface area (Å²) in [6.07, 6.45) is -0.868. The molecule has 0 unspecified atom stereocenters. The summed E-state index contributed by atoms with van der Waals surface area (Å²) in [6.45, 7) is 0. The molecule has 1 aromatic carbocycles. The molecule has 2 rings (SSSR count). The lowest BCUT2D eigenvalue weighted by atomic mass is 10.2. The number of nitrogens with one attached hydrogen (secondary N) is 2. The van der Waals surface area contributed by atoms with Crippen LogP contribution < -0.4 is 10.6 Å². The summed E-state index contributed by atoms with van der Waals surface area (Å²) in [7, 11) is 1.65. The van der Waals surface area contributed by atoms with Gasteiger partial charge in [-0.1, -0.05) is 6.07 Å². The molecular formula is C15H14F3N3OS2. The minimum absolute atomic E-state index is 0.0688. The largest absolute Gasteiger partial charge is 0.416 e. The first-order valence-electron chi connectivity index (χ1n) is 6.68. The van der Waals surface area contributed by atoms with Gasteiger partial charge in [0.05, 0.1) is 14.8 Å². The second-order valence-electron chi connectivity index (χ2n) is 4.60. The first-order chi connectivity index (χ1) is 11.3. The molecule has 0 saturated heterocycles. The van der Waals surface area contributed by atoms with E-state index in [-0.39, 0.29) is 5.69 Å². The Morgan fingerprint density at radius 2 is 2.04 bits per heavy atom. The molecule has 0 fully saturated rings. The Kier molecular flexibility index (Phi) is 5.89. The van der Waals surface area contributed by atoms with Crippen LogP contribution in [-0.2, 0) is 6.18 Å². The van der Waals surface area contributed by atoms with Crippen LogP contribution in [0.5, 0.6) is 0 Å². The Labute approximate surface area is 145 Å². The topological polar surface area (TPSA) is 53.5 Å². The molecule has 0 aliphatic rings. The van der Waals surface area contributed by atoms with Crippen molar-refractivity contribution in [2.75, 3.05) is 23.9 Å². The number of thiophene rings is 1. The van der Waals surface area contributed by atoms with Gasteiger partial charge in [0.1, 0.15) is 0 Å². The summed E-state index contributed by atoms with van der Waals surface area (Å²) in [4.78, 5) is 15.9. The number of benzene rings is 1. The van der Waals surface area contributed by atoms with E-state index in [2.05, 4.69) is 15.6 Å². The van der Waals surface area contributed by atoms with Gasteiger partial charge in [-0.25, -0.2) is 4.79 Å². The van der Waals surface area contributed by atoms with Crippen LogP contribution in [0, 0.1) is 0 Å². The molecule has 24 heavy (non-hydrogen) atoms. The van der Waals surface area contributed by atoms with E-state index in [0.717, 1.165) is 21.9 Å². The minimum Gasteiger partial charge on any atom is -0.308 e. The van der Waals surface area contributed by atoms with Gasteiger partial charge in [0.25, 0.3) is 0 Å². The Morgan fingerprint density at radius 1 is 1.29 bits per heavy atom. The number of nitrogens with zero attached hydrogens (tertiary/aromatic N) is 1. The molecule has 128 valence electrons. The lowest BCUT2D eigenvalue weighted by molar-refractivity contribution is -0.137. The highest BCUT2D eigenvalue weighted by Gasteiger charge is 2.30. The zero-order valence-corrected chi connectivity index (χ0v) is 14.4. The van der Waals surface area contributed by atoms with Gasteiger partial charge >= 0.3 is 12.2 Å². The minimum atomic E-state index is -4.45. The van der Waals surface area contributed by atoms with Crippen molar-refractivity contribution >= 4 is 46.0 Å². The first-order valence-corrected chi connectivity index (χ1v) is 8.73. The van der Waals surface area contributed by atoms with E-state index in [4.69, 9.17) is 0 Å². The quantitative estimate of drug-likeness (QED) is 0.573. The number of anilines is 2. The highest BCUT2D eigenvalue weighted by atomic mass is 32.2. The first kappa shape index (κ1) is 18.3. The van der Waals surface area contributed by atoms with Crippen molar-refractivity contribution in [1.29, 1.82) is 0 Å². The summed E-state index contributed by atoms with van der Waals surface area (Å²) >= 11 is 2.89. The van der Waals surface area contributed by atoms with Gasteiger partial charge in [-0.05, 0) is 30.5 Å². The molecule has 0 saturated carbocycles. The Balaban J connectivity index is 2.09. The molecule has 1 aromatic heterocycles. The summed E-state index contributed by atoms with van der Waals surface area (Å²) in [5, 5.41) is 5.59. The fraction of sp³-hybridized carbons (Fsp3) is 0.200. The number of carbonyl (C=O) groups excluding carboxylic acids is 1. The van der Waals surface area contributed by atoms with Crippen LogP contribution in [0.3, 0.4) is 0 Å². The number of hydrogen-bond donors (Lipinski definition) is 2. The molecule has 0 radical (unpaired) electrons. The number of aliphatic imine (C=N–C) groups is 1. The van der Waals surface area contributed by atoms with E-state index in [1.54, 1.807) is 19.3 Å². The van der Waals surface area contributed by atoms with Crippen LogP contribution in [0.1, 0.15) is 11.1 Å². The van der Waals surface area contributed by atoms with Crippen molar-refractivity contribution in [3.63, 3.8) is 0 Å². The Bertz CT molecular complexity index is 757. The van der Waals surface area contributed by atoms with Crippen molar-refractivity contribution in [1.82, 2.24) is 0 Å². The molecule has 0 aliphatic carbocycles. The SMILES string of the molecule is CN=Cc1cc(NC(=O)Nc2cccc(C(F)(F)F)c2)sc1SC. The Morgan fingerprint density at radius 3 is 2.67 bits per heavy atom. The van der Waals surface area contributed by atoms with E-state index < -0.39 is 17.8 Å². The van der Waals surface area contributed by atoms with E-state index in [0.29, 0.717) is 5.00 Å². The fourth-order valence-corrected chi connectivity index (χ4v) is 3.59. The number of halogens is 3. The predicted molar refractivity (Wildman–Crippen MR) is 93.7 cm³/mol. The molecule has 2 amide bonds. The molecule has 0 spiro atoms. The van der Waals surface area contributed by atoms with E-state index in [1.165, 1.54) is 35.2 Å². The monoisotopic (exact) mass is 373 g/mol. The van der Waals surface area contributed by atoms with Crippen LogP contribution in [0.25, 0.3) is 0 Å². The zero-order valence-electron chi connectivity index (χ0n) is 12.8. The molecule has 2 N–H and O–H groups in total. The molecule has 9 heteroatoms. The van der Waals surface area contributed by atoms with Crippen LogP contribution in [0.4, 0.5) is 28.7 Å². The van der Waals surface area contributed by atoms with Gasteiger partial charge in [-0.15, -0.1) is 23.1 Å². The number of thioether (sulfide) groups is 1. The normalized spacial score (nSPS) is 11.7. The third-order valence-electron chi connectivity index (χ3n) is 2.86. The fourth-order valence-electron chi connectivity index (χ4n) is 1.89.